The Labute approximate surface area is 144 Å². The van der Waals surface area contributed by atoms with Crippen LogP contribution in [0.25, 0.3) is 0 Å². The van der Waals surface area contributed by atoms with Gasteiger partial charge < -0.3 is 5.32 Å². The molecule has 0 fully saturated rings. The molecule has 1 N–H and O–H groups in total. The molecular formula is C15H15Br2F2NS. The lowest BCUT2D eigenvalue weighted by atomic mass is 10.0. The van der Waals surface area contributed by atoms with Crippen molar-refractivity contribution < 1.29 is 8.78 Å². The monoisotopic (exact) mass is 437 g/mol. The predicted molar refractivity (Wildman–Crippen MR) is 90.8 cm³/mol. The number of benzene rings is 1. The summed E-state index contributed by atoms with van der Waals surface area (Å²) in [5.41, 5.74) is 0.393. The van der Waals surface area contributed by atoms with Crippen LogP contribution in [-0.2, 0) is 6.42 Å². The average molecular weight is 439 g/mol. The first-order valence-corrected chi connectivity index (χ1v) is 9.03. The second-order valence-corrected chi connectivity index (χ2v) is 7.97. The van der Waals surface area contributed by atoms with E-state index in [2.05, 4.69) is 44.1 Å². The van der Waals surface area contributed by atoms with Crippen molar-refractivity contribution in [1.29, 1.82) is 0 Å². The van der Waals surface area contributed by atoms with Gasteiger partial charge in [-0.2, -0.15) is 0 Å². The molecule has 0 bridgehead atoms. The quantitative estimate of drug-likeness (QED) is 0.597. The molecular weight excluding hydrogens is 424 g/mol. The normalized spacial score (nSPS) is 12.6. The lowest BCUT2D eigenvalue weighted by Crippen LogP contribution is -2.23. The fourth-order valence-electron chi connectivity index (χ4n) is 2.05. The van der Waals surface area contributed by atoms with Crippen molar-refractivity contribution in [3.8, 4) is 0 Å². The van der Waals surface area contributed by atoms with Crippen molar-refractivity contribution in [3.05, 3.63) is 54.6 Å². The summed E-state index contributed by atoms with van der Waals surface area (Å²) in [7, 11) is 0. The Morgan fingerprint density at radius 3 is 2.62 bits per heavy atom. The first-order valence-electron chi connectivity index (χ1n) is 6.63. The number of rotatable bonds is 6. The second kappa shape index (κ2) is 7.81. The molecule has 0 aliphatic heterocycles. The predicted octanol–water partition coefficient (Wildman–Crippen LogP) is 5.83. The minimum absolute atomic E-state index is 0.0335. The number of hydrogen-bond donors (Lipinski definition) is 1. The second-order valence-electron chi connectivity index (χ2n) is 4.72. The van der Waals surface area contributed by atoms with E-state index in [-0.39, 0.29) is 11.9 Å². The molecule has 21 heavy (non-hydrogen) atoms. The van der Waals surface area contributed by atoms with Gasteiger partial charge >= 0.3 is 0 Å². The molecule has 1 aromatic carbocycles. The molecule has 0 radical (unpaired) electrons. The Morgan fingerprint density at radius 2 is 2.00 bits per heavy atom. The Morgan fingerprint density at radius 1 is 1.24 bits per heavy atom. The summed E-state index contributed by atoms with van der Waals surface area (Å²) in [6.45, 7) is 2.90. The lowest BCUT2D eigenvalue weighted by Gasteiger charge is -2.17. The smallest absolute Gasteiger partial charge is 0.126 e. The van der Waals surface area contributed by atoms with Gasteiger partial charge in [0, 0.05) is 15.4 Å². The van der Waals surface area contributed by atoms with Gasteiger partial charge in [-0.3, -0.25) is 0 Å². The van der Waals surface area contributed by atoms with Crippen LogP contribution in [0.15, 0.2) is 32.5 Å². The van der Waals surface area contributed by atoms with E-state index >= 15 is 0 Å². The molecule has 0 aliphatic rings. The van der Waals surface area contributed by atoms with E-state index in [1.807, 2.05) is 6.07 Å². The summed E-state index contributed by atoms with van der Waals surface area (Å²) < 4.78 is 29.1. The highest BCUT2D eigenvalue weighted by atomic mass is 79.9. The molecule has 1 heterocycles. The minimum atomic E-state index is -0.408. The van der Waals surface area contributed by atoms with Crippen molar-refractivity contribution in [2.45, 2.75) is 25.8 Å². The van der Waals surface area contributed by atoms with Gasteiger partial charge in [0.15, 0.2) is 0 Å². The Kier molecular flexibility index (Phi) is 6.34. The zero-order valence-corrected chi connectivity index (χ0v) is 15.4. The average Bonchev–Trinajstić information content (AvgIpc) is 2.78. The number of nitrogens with one attached hydrogen (secondary N) is 1. The third kappa shape index (κ3) is 4.58. The standard InChI is InChI=1S/C15H15Br2F2NS/c1-2-5-20-13(14-8-11(16)15(17)21-14)7-9-6-10(18)3-4-12(9)19/h3-4,6,8,13,20H,2,5,7H2,1H3. The fourth-order valence-corrected chi connectivity index (χ4v) is 4.21. The van der Waals surface area contributed by atoms with Crippen LogP contribution in [0.1, 0.15) is 29.8 Å². The van der Waals surface area contributed by atoms with Crippen LogP contribution in [0.3, 0.4) is 0 Å². The largest absolute Gasteiger partial charge is 0.309 e. The number of thiophene rings is 1. The minimum Gasteiger partial charge on any atom is -0.309 e. The van der Waals surface area contributed by atoms with Crippen LogP contribution >= 0.6 is 43.2 Å². The van der Waals surface area contributed by atoms with Crippen LogP contribution in [0.5, 0.6) is 0 Å². The molecule has 114 valence electrons. The van der Waals surface area contributed by atoms with Crippen LogP contribution in [0.2, 0.25) is 0 Å². The third-order valence-corrected chi connectivity index (χ3v) is 6.45. The zero-order chi connectivity index (χ0) is 15.4. The maximum absolute atomic E-state index is 13.8. The van der Waals surface area contributed by atoms with Gasteiger partial charge in [-0.15, -0.1) is 11.3 Å². The Bertz CT molecular complexity index is 596. The van der Waals surface area contributed by atoms with E-state index in [4.69, 9.17) is 0 Å². The molecule has 1 atom stereocenters. The number of halogens is 4. The van der Waals surface area contributed by atoms with Gasteiger partial charge in [0.2, 0.25) is 0 Å². The van der Waals surface area contributed by atoms with E-state index in [1.165, 1.54) is 12.1 Å². The molecule has 1 aromatic heterocycles. The van der Waals surface area contributed by atoms with Crippen molar-refractivity contribution in [1.82, 2.24) is 5.32 Å². The van der Waals surface area contributed by atoms with E-state index in [0.29, 0.717) is 12.0 Å². The fraction of sp³-hybridized carbons (Fsp3) is 0.333. The Hall–Kier alpha value is -0.300. The Balaban J connectivity index is 2.25. The maximum Gasteiger partial charge on any atom is 0.126 e. The van der Waals surface area contributed by atoms with Gasteiger partial charge in [-0.05, 0) is 81.1 Å². The molecule has 2 aromatic rings. The molecule has 0 saturated heterocycles. The SMILES string of the molecule is CCCNC(Cc1cc(F)ccc1F)c1cc(Br)c(Br)s1. The third-order valence-electron chi connectivity index (χ3n) is 3.08. The highest BCUT2D eigenvalue weighted by Gasteiger charge is 2.18. The summed E-state index contributed by atoms with van der Waals surface area (Å²) in [6.07, 6.45) is 1.40. The van der Waals surface area contributed by atoms with Crippen LogP contribution in [-0.4, -0.2) is 6.54 Å². The molecule has 1 nitrogen and oxygen atoms in total. The lowest BCUT2D eigenvalue weighted by molar-refractivity contribution is 0.514. The van der Waals surface area contributed by atoms with E-state index in [9.17, 15) is 8.78 Å². The molecule has 0 amide bonds. The molecule has 2 rings (SSSR count). The number of hydrogen-bond acceptors (Lipinski definition) is 2. The van der Waals surface area contributed by atoms with Gasteiger partial charge in [-0.1, -0.05) is 6.92 Å². The van der Waals surface area contributed by atoms with E-state index in [0.717, 1.165) is 32.2 Å². The van der Waals surface area contributed by atoms with Crippen LogP contribution in [0, 0.1) is 11.6 Å². The van der Waals surface area contributed by atoms with Crippen molar-refractivity contribution in [2.24, 2.45) is 0 Å². The van der Waals surface area contributed by atoms with Crippen molar-refractivity contribution >= 4 is 43.2 Å². The first-order chi connectivity index (χ1) is 10.0. The molecule has 0 aliphatic carbocycles. The highest BCUT2D eigenvalue weighted by molar-refractivity contribution is 9.13. The summed E-state index contributed by atoms with van der Waals surface area (Å²) in [5.74, 6) is -0.774. The van der Waals surface area contributed by atoms with Gasteiger partial charge in [-0.25, -0.2) is 8.78 Å². The molecule has 6 heteroatoms. The topological polar surface area (TPSA) is 12.0 Å². The van der Waals surface area contributed by atoms with Crippen molar-refractivity contribution in [2.75, 3.05) is 6.54 Å². The molecule has 1 unspecified atom stereocenters. The zero-order valence-electron chi connectivity index (χ0n) is 11.4. The van der Waals surface area contributed by atoms with Crippen LogP contribution < -0.4 is 5.32 Å². The van der Waals surface area contributed by atoms with Gasteiger partial charge in [0.25, 0.3) is 0 Å². The van der Waals surface area contributed by atoms with Gasteiger partial charge in [0.05, 0.1) is 3.79 Å². The van der Waals surface area contributed by atoms with Crippen molar-refractivity contribution in [3.63, 3.8) is 0 Å². The van der Waals surface area contributed by atoms with E-state index in [1.54, 1.807) is 11.3 Å². The van der Waals surface area contributed by atoms with E-state index < -0.39 is 5.82 Å². The molecule has 0 spiro atoms. The summed E-state index contributed by atoms with van der Waals surface area (Å²) in [6, 6.07) is 5.58. The highest BCUT2D eigenvalue weighted by Crippen LogP contribution is 2.36. The summed E-state index contributed by atoms with van der Waals surface area (Å²) >= 11 is 8.53. The molecule has 0 saturated carbocycles. The van der Waals surface area contributed by atoms with Crippen LogP contribution in [0.4, 0.5) is 8.78 Å². The summed E-state index contributed by atoms with van der Waals surface area (Å²) in [5, 5.41) is 3.40. The van der Waals surface area contributed by atoms with Gasteiger partial charge in [0.1, 0.15) is 11.6 Å². The maximum atomic E-state index is 13.8. The first kappa shape index (κ1) is 17.1. The summed E-state index contributed by atoms with van der Waals surface area (Å²) in [4.78, 5) is 1.09.